The monoisotopic (exact) mass is 420 g/mol. The van der Waals surface area contributed by atoms with Crippen LogP contribution < -0.4 is 16.4 Å². The molecule has 0 unspecified atom stereocenters. The van der Waals surface area contributed by atoms with Crippen LogP contribution in [0.2, 0.25) is 0 Å². The SMILES string of the molecule is CC[C@H](C)[C@H](NC(=O)[C@H](CS)NC(=O)[C@@H](N)Cc1c[nH]c2ccccc12)C(=O)O. The summed E-state index contributed by atoms with van der Waals surface area (Å²) in [6.07, 6.45) is 2.69. The van der Waals surface area contributed by atoms with Crippen LogP contribution in [0.25, 0.3) is 10.9 Å². The Labute approximate surface area is 175 Å². The highest BCUT2D eigenvalue weighted by Crippen LogP contribution is 2.18. The third kappa shape index (κ3) is 5.74. The smallest absolute Gasteiger partial charge is 0.326 e. The molecular weight excluding hydrogens is 392 g/mol. The molecule has 0 aliphatic heterocycles. The van der Waals surface area contributed by atoms with E-state index in [2.05, 4.69) is 28.2 Å². The fourth-order valence-electron chi connectivity index (χ4n) is 3.04. The number of carboxylic acid groups (broad SMARTS) is 1. The van der Waals surface area contributed by atoms with Gasteiger partial charge >= 0.3 is 5.97 Å². The van der Waals surface area contributed by atoms with Crippen molar-refractivity contribution in [1.82, 2.24) is 15.6 Å². The minimum absolute atomic E-state index is 0.0181. The Hall–Kier alpha value is -2.52. The summed E-state index contributed by atoms with van der Waals surface area (Å²) >= 11 is 4.12. The minimum atomic E-state index is -1.12. The number of nitrogens with one attached hydrogen (secondary N) is 3. The third-order valence-electron chi connectivity index (χ3n) is 5.04. The van der Waals surface area contributed by atoms with Crippen molar-refractivity contribution in [1.29, 1.82) is 0 Å². The number of para-hydroxylation sites is 1. The first-order valence-corrected chi connectivity index (χ1v) is 10.2. The largest absolute Gasteiger partial charge is 0.480 e. The van der Waals surface area contributed by atoms with Crippen molar-refractivity contribution in [2.24, 2.45) is 11.7 Å². The van der Waals surface area contributed by atoms with Crippen molar-refractivity contribution >= 4 is 41.3 Å². The molecule has 9 heteroatoms. The number of aromatic amines is 1. The molecule has 2 amide bonds. The maximum absolute atomic E-state index is 12.5. The van der Waals surface area contributed by atoms with Gasteiger partial charge in [0.1, 0.15) is 12.1 Å². The Kier molecular flexibility index (Phi) is 8.10. The Morgan fingerprint density at radius 3 is 2.52 bits per heavy atom. The number of carbonyl (C=O) groups excluding carboxylic acids is 2. The standard InChI is InChI=1S/C20H28N4O4S/c1-3-11(2)17(20(27)28)24-19(26)16(10-29)23-18(25)14(21)8-12-9-22-15-7-5-4-6-13(12)15/h4-7,9,11,14,16-17,22,29H,3,8,10,21H2,1-2H3,(H,23,25)(H,24,26)(H,27,28)/t11-,14-,16-,17-/m0/s1. The summed E-state index contributed by atoms with van der Waals surface area (Å²) < 4.78 is 0. The topological polar surface area (TPSA) is 137 Å². The van der Waals surface area contributed by atoms with E-state index in [0.717, 1.165) is 16.5 Å². The zero-order valence-electron chi connectivity index (χ0n) is 16.5. The van der Waals surface area contributed by atoms with Crippen LogP contribution in [0.3, 0.4) is 0 Å². The van der Waals surface area contributed by atoms with E-state index in [1.54, 1.807) is 6.92 Å². The maximum atomic E-state index is 12.5. The number of hydrogen-bond donors (Lipinski definition) is 6. The average Bonchev–Trinajstić information content (AvgIpc) is 3.11. The van der Waals surface area contributed by atoms with E-state index >= 15 is 0 Å². The van der Waals surface area contributed by atoms with Crippen LogP contribution in [0.5, 0.6) is 0 Å². The number of rotatable bonds is 10. The highest BCUT2D eigenvalue weighted by molar-refractivity contribution is 7.80. The van der Waals surface area contributed by atoms with E-state index in [0.29, 0.717) is 12.8 Å². The van der Waals surface area contributed by atoms with E-state index < -0.39 is 35.9 Å². The molecule has 0 fully saturated rings. The number of carbonyl (C=O) groups is 3. The molecule has 0 aliphatic rings. The lowest BCUT2D eigenvalue weighted by Crippen LogP contribution is -2.56. The predicted molar refractivity (Wildman–Crippen MR) is 115 cm³/mol. The third-order valence-corrected chi connectivity index (χ3v) is 5.41. The van der Waals surface area contributed by atoms with Crippen LogP contribution in [-0.2, 0) is 20.8 Å². The Morgan fingerprint density at radius 1 is 1.21 bits per heavy atom. The van der Waals surface area contributed by atoms with Gasteiger partial charge in [-0.15, -0.1) is 0 Å². The van der Waals surface area contributed by atoms with Crippen molar-refractivity contribution in [2.45, 2.75) is 44.8 Å². The quantitative estimate of drug-likeness (QED) is 0.319. The summed E-state index contributed by atoms with van der Waals surface area (Å²) in [7, 11) is 0. The van der Waals surface area contributed by atoms with Gasteiger partial charge in [-0.05, 0) is 24.0 Å². The van der Waals surface area contributed by atoms with Gasteiger partial charge in [-0.2, -0.15) is 12.6 Å². The lowest BCUT2D eigenvalue weighted by atomic mass is 9.99. The highest BCUT2D eigenvalue weighted by atomic mass is 32.1. The van der Waals surface area contributed by atoms with Crippen LogP contribution in [0.4, 0.5) is 0 Å². The zero-order valence-corrected chi connectivity index (χ0v) is 17.4. The number of aliphatic carboxylic acids is 1. The van der Waals surface area contributed by atoms with Crippen molar-refractivity contribution in [2.75, 3.05) is 5.75 Å². The second kappa shape index (κ2) is 10.3. The fraction of sp³-hybridized carbons (Fsp3) is 0.450. The van der Waals surface area contributed by atoms with Gasteiger partial charge < -0.3 is 26.5 Å². The molecule has 2 aromatic rings. The van der Waals surface area contributed by atoms with E-state index in [1.807, 2.05) is 37.4 Å². The first-order valence-electron chi connectivity index (χ1n) is 9.53. The highest BCUT2D eigenvalue weighted by Gasteiger charge is 2.30. The summed E-state index contributed by atoms with van der Waals surface area (Å²) in [6.45, 7) is 3.58. The molecule has 1 aromatic carbocycles. The minimum Gasteiger partial charge on any atom is -0.480 e. The Morgan fingerprint density at radius 2 is 1.90 bits per heavy atom. The van der Waals surface area contributed by atoms with E-state index in [9.17, 15) is 19.5 Å². The molecule has 0 saturated heterocycles. The van der Waals surface area contributed by atoms with Crippen LogP contribution in [-0.4, -0.2) is 51.8 Å². The van der Waals surface area contributed by atoms with Gasteiger partial charge in [-0.25, -0.2) is 4.79 Å². The number of thiol groups is 1. The second-order valence-corrected chi connectivity index (χ2v) is 7.49. The van der Waals surface area contributed by atoms with Gasteiger partial charge in [0.15, 0.2) is 0 Å². The number of carboxylic acids is 1. The van der Waals surface area contributed by atoms with Crippen molar-refractivity contribution in [3.8, 4) is 0 Å². The predicted octanol–water partition coefficient (Wildman–Crippen LogP) is 1.07. The van der Waals surface area contributed by atoms with E-state index in [1.165, 1.54) is 0 Å². The molecular formula is C20H28N4O4S. The molecule has 0 spiro atoms. The van der Waals surface area contributed by atoms with Gasteiger partial charge in [0, 0.05) is 22.9 Å². The van der Waals surface area contributed by atoms with Crippen LogP contribution in [0.15, 0.2) is 30.5 Å². The molecule has 0 radical (unpaired) electrons. The second-order valence-electron chi connectivity index (χ2n) is 7.12. The fourth-order valence-corrected chi connectivity index (χ4v) is 3.30. The molecule has 0 bridgehead atoms. The van der Waals surface area contributed by atoms with Crippen LogP contribution in [0.1, 0.15) is 25.8 Å². The number of hydrogen-bond acceptors (Lipinski definition) is 5. The maximum Gasteiger partial charge on any atom is 0.326 e. The first kappa shape index (κ1) is 22.8. The average molecular weight is 421 g/mol. The van der Waals surface area contributed by atoms with E-state index in [-0.39, 0.29) is 11.7 Å². The molecule has 8 nitrogen and oxygen atoms in total. The van der Waals surface area contributed by atoms with Crippen molar-refractivity contribution < 1.29 is 19.5 Å². The summed E-state index contributed by atoms with van der Waals surface area (Å²) in [6, 6.07) is 4.81. The number of aromatic nitrogens is 1. The lowest BCUT2D eigenvalue weighted by molar-refractivity contribution is -0.143. The molecule has 1 aromatic heterocycles. The summed E-state index contributed by atoms with van der Waals surface area (Å²) in [5.41, 5.74) is 7.90. The molecule has 29 heavy (non-hydrogen) atoms. The summed E-state index contributed by atoms with van der Waals surface area (Å²) in [5.74, 6) is -2.45. The first-order chi connectivity index (χ1) is 13.8. The normalized spacial score (nSPS) is 15.3. The van der Waals surface area contributed by atoms with Gasteiger partial charge in [0.25, 0.3) is 0 Å². The molecule has 1 heterocycles. The van der Waals surface area contributed by atoms with E-state index in [4.69, 9.17) is 5.73 Å². The Balaban J connectivity index is 2.00. The number of nitrogens with two attached hydrogens (primary N) is 1. The zero-order chi connectivity index (χ0) is 21.6. The van der Waals surface area contributed by atoms with Gasteiger partial charge in [0.05, 0.1) is 6.04 Å². The number of fused-ring (bicyclic) bond motifs is 1. The number of H-pyrrole nitrogens is 1. The molecule has 2 rings (SSSR count). The number of amides is 2. The molecule has 158 valence electrons. The van der Waals surface area contributed by atoms with Gasteiger partial charge in [-0.3, -0.25) is 9.59 Å². The van der Waals surface area contributed by atoms with Crippen molar-refractivity contribution in [3.05, 3.63) is 36.0 Å². The van der Waals surface area contributed by atoms with Gasteiger partial charge in [0.2, 0.25) is 11.8 Å². The van der Waals surface area contributed by atoms with Crippen molar-refractivity contribution in [3.63, 3.8) is 0 Å². The Bertz CT molecular complexity index is 869. The summed E-state index contributed by atoms with van der Waals surface area (Å²) in [5, 5.41) is 15.4. The number of benzene rings is 1. The molecule has 6 N–H and O–H groups in total. The van der Waals surface area contributed by atoms with Crippen LogP contribution in [0, 0.1) is 5.92 Å². The molecule has 4 atom stereocenters. The van der Waals surface area contributed by atoms with Crippen LogP contribution >= 0.6 is 12.6 Å². The molecule has 0 saturated carbocycles. The van der Waals surface area contributed by atoms with Gasteiger partial charge in [-0.1, -0.05) is 38.5 Å². The lowest BCUT2D eigenvalue weighted by Gasteiger charge is -2.24. The summed E-state index contributed by atoms with van der Waals surface area (Å²) in [4.78, 5) is 39.5. The molecule has 0 aliphatic carbocycles.